The fourth-order valence-corrected chi connectivity index (χ4v) is 3.15. The van der Waals surface area contributed by atoms with Crippen LogP contribution >= 0.6 is 0 Å². The van der Waals surface area contributed by atoms with Crippen molar-refractivity contribution in [3.05, 3.63) is 35.1 Å². The van der Waals surface area contributed by atoms with Crippen molar-refractivity contribution in [2.24, 2.45) is 16.1 Å². The van der Waals surface area contributed by atoms with E-state index in [9.17, 15) is 9.18 Å². The monoisotopic (exact) mass is 332 g/mol. The van der Waals surface area contributed by atoms with Crippen molar-refractivity contribution in [1.29, 1.82) is 0 Å². The Balaban J connectivity index is 1.99. The molecule has 0 saturated heterocycles. The molecule has 0 radical (unpaired) electrons. The number of hydrogen-bond donors (Lipinski definition) is 1. The molecule has 1 aromatic carbocycles. The van der Waals surface area contributed by atoms with Gasteiger partial charge in [-0.15, -0.1) is 0 Å². The van der Waals surface area contributed by atoms with Gasteiger partial charge in [0.2, 0.25) is 0 Å². The van der Waals surface area contributed by atoms with Gasteiger partial charge >= 0.3 is 0 Å². The van der Waals surface area contributed by atoms with Gasteiger partial charge < -0.3 is 10.5 Å². The lowest BCUT2D eigenvalue weighted by Crippen LogP contribution is -2.52. The highest BCUT2D eigenvalue weighted by Gasteiger charge is 2.48. The van der Waals surface area contributed by atoms with E-state index in [0.29, 0.717) is 17.8 Å². The number of ketones is 1. The van der Waals surface area contributed by atoms with Crippen LogP contribution in [0.25, 0.3) is 0 Å². The maximum absolute atomic E-state index is 14.6. The number of aliphatic imine (C=N–C) groups is 1. The summed E-state index contributed by atoms with van der Waals surface area (Å²) in [5, 5.41) is 0. The first-order valence-electron chi connectivity index (χ1n) is 8.38. The van der Waals surface area contributed by atoms with Crippen LogP contribution in [-0.4, -0.2) is 23.8 Å². The summed E-state index contributed by atoms with van der Waals surface area (Å²) in [5.74, 6) is 0.206. The van der Waals surface area contributed by atoms with E-state index in [-0.39, 0.29) is 23.6 Å². The molecule has 0 amide bonds. The maximum atomic E-state index is 14.6. The van der Waals surface area contributed by atoms with Gasteiger partial charge in [-0.1, -0.05) is 13.0 Å². The van der Waals surface area contributed by atoms with Crippen LogP contribution in [0.3, 0.4) is 0 Å². The third-order valence-electron chi connectivity index (χ3n) is 5.71. The lowest BCUT2D eigenvalue weighted by molar-refractivity contribution is -0.122. The molecule has 1 aliphatic heterocycles. The van der Waals surface area contributed by atoms with Gasteiger partial charge in [0.25, 0.3) is 0 Å². The average molecular weight is 332 g/mol. The molecule has 5 heteroatoms. The van der Waals surface area contributed by atoms with E-state index in [4.69, 9.17) is 10.5 Å². The molecule has 24 heavy (non-hydrogen) atoms. The Bertz CT molecular complexity index is 722. The average Bonchev–Trinajstić information content (AvgIpc) is 3.25. The Morgan fingerprint density at radius 1 is 1.29 bits per heavy atom. The Morgan fingerprint density at radius 2 is 1.96 bits per heavy atom. The molecule has 1 heterocycles. The predicted octanol–water partition coefficient (Wildman–Crippen LogP) is 3.12. The summed E-state index contributed by atoms with van der Waals surface area (Å²) in [6, 6.07) is 4.83. The number of hydrogen-bond acceptors (Lipinski definition) is 4. The number of carbonyl (C=O) groups is 1. The summed E-state index contributed by atoms with van der Waals surface area (Å²) in [6.07, 6.45) is 2.21. The normalized spacial score (nSPS) is 27.5. The van der Waals surface area contributed by atoms with E-state index in [2.05, 4.69) is 4.99 Å². The predicted molar refractivity (Wildman–Crippen MR) is 91.5 cm³/mol. The summed E-state index contributed by atoms with van der Waals surface area (Å²) in [7, 11) is 0. The van der Waals surface area contributed by atoms with Crippen molar-refractivity contribution in [2.45, 2.75) is 58.1 Å². The molecule has 0 bridgehead atoms. The molecule has 0 unspecified atom stereocenters. The van der Waals surface area contributed by atoms with Gasteiger partial charge in [-0.05, 0) is 51.3 Å². The summed E-state index contributed by atoms with van der Waals surface area (Å²) < 4.78 is 20.4. The fraction of sp³-hybridized carbons (Fsp3) is 0.579. The van der Waals surface area contributed by atoms with Crippen molar-refractivity contribution < 1.29 is 13.9 Å². The number of Topliss-reactive ketones (excluding diaryl/α,β-unsaturated/α-hetero) is 1. The third-order valence-corrected chi connectivity index (χ3v) is 5.71. The first kappa shape index (κ1) is 17.1. The second-order valence-electron chi connectivity index (χ2n) is 7.95. The molecular formula is C19H25FN2O2. The van der Waals surface area contributed by atoms with E-state index in [0.717, 1.165) is 18.4 Å². The molecule has 1 saturated carbocycles. The van der Waals surface area contributed by atoms with E-state index in [1.807, 2.05) is 27.7 Å². The highest BCUT2D eigenvalue weighted by Crippen LogP contribution is 2.47. The summed E-state index contributed by atoms with van der Waals surface area (Å²) in [5.41, 5.74) is 5.24. The fourth-order valence-electron chi connectivity index (χ4n) is 3.15. The summed E-state index contributed by atoms with van der Waals surface area (Å²) >= 11 is 0. The molecule has 3 rings (SSSR count). The van der Waals surface area contributed by atoms with Crippen LogP contribution in [0.15, 0.2) is 23.2 Å². The highest BCUT2D eigenvalue weighted by molar-refractivity contribution is 5.88. The number of nitrogens with two attached hydrogens (primary N) is 1. The Morgan fingerprint density at radius 3 is 2.58 bits per heavy atom. The minimum Gasteiger partial charge on any atom is -0.386 e. The van der Waals surface area contributed by atoms with Crippen LogP contribution in [-0.2, 0) is 21.5 Å². The number of halogens is 1. The Labute approximate surface area is 142 Å². The molecule has 1 aromatic rings. The molecule has 4 nitrogen and oxygen atoms in total. The van der Waals surface area contributed by atoms with Gasteiger partial charge in [0, 0.05) is 17.4 Å². The van der Waals surface area contributed by atoms with Crippen molar-refractivity contribution in [3.8, 4) is 0 Å². The van der Waals surface area contributed by atoms with E-state index >= 15 is 0 Å². The topological polar surface area (TPSA) is 64.7 Å². The number of nitrogens with zero attached hydrogens (tertiary/aromatic N) is 1. The lowest BCUT2D eigenvalue weighted by Gasteiger charge is -2.44. The zero-order valence-electron chi connectivity index (χ0n) is 14.8. The minimum atomic E-state index is -0.943. The number of benzene rings is 1. The first-order valence-corrected chi connectivity index (χ1v) is 8.38. The molecule has 1 aliphatic carbocycles. The standard InChI is InChI=1S/C19H25FN2O2/c1-17(2)19(4,22-16(21)11-24-17)13-9-12(5-6-14(13)20)10-15(23)18(3)7-8-18/h5-6,9H,7-8,10-11H2,1-4H3,(H2,21,22)/t19-/m1/s1. The summed E-state index contributed by atoms with van der Waals surface area (Å²) in [6.45, 7) is 7.81. The van der Waals surface area contributed by atoms with Gasteiger partial charge in [0.05, 0.1) is 5.60 Å². The number of rotatable bonds is 4. The zero-order chi connectivity index (χ0) is 17.8. The second-order valence-corrected chi connectivity index (χ2v) is 7.95. The summed E-state index contributed by atoms with van der Waals surface area (Å²) in [4.78, 5) is 16.9. The molecule has 2 aliphatic rings. The van der Waals surface area contributed by atoms with E-state index in [1.54, 1.807) is 12.1 Å². The Hall–Kier alpha value is -1.75. The first-order chi connectivity index (χ1) is 11.1. The molecular weight excluding hydrogens is 307 g/mol. The quantitative estimate of drug-likeness (QED) is 0.921. The smallest absolute Gasteiger partial charge is 0.143 e. The number of amidine groups is 1. The number of carbonyl (C=O) groups excluding carboxylic acids is 1. The maximum Gasteiger partial charge on any atom is 0.143 e. The van der Waals surface area contributed by atoms with Gasteiger partial charge in [-0.3, -0.25) is 9.79 Å². The van der Waals surface area contributed by atoms with Gasteiger partial charge in [0.1, 0.15) is 29.6 Å². The Kier molecular flexibility index (Phi) is 3.83. The van der Waals surface area contributed by atoms with Crippen molar-refractivity contribution >= 4 is 11.6 Å². The van der Waals surface area contributed by atoms with Gasteiger partial charge in [0.15, 0.2) is 0 Å². The number of ether oxygens (including phenoxy) is 1. The zero-order valence-corrected chi connectivity index (χ0v) is 14.8. The molecule has 1 atom stereocenters. The second kappa shape index (κ2) is 5.38. The van der Waals surface area contributed by atoms with Crippen molar-refractivity contribution in [1.82, 2.24) is 0 Å². The van der Waals surface area contributed by atoms with E-state index < -0.39 is 11.1 Å². The van der Waals surface area contributed by atoms with Crippen LogP contribution in [0.1, 0.15) is 51.7 Å². The van der Waals surface area contributed by atoms with Crippen LogP contribution in [0, 0.1) is 11.2 Å². The van der Waals surface area contributed by atoms with Crippen LogP contribution in [0.2, 0.25) is 0 Å². The van der Waals surface area contributed by atoms with Crippen molar-refractivity contribution in [2.75, 3.05) is 6.61 Å². The van der Waals surface area contributed by atoms with Gasteiger partial charge in [-0.25, -0.2) is 4.39 Å². The van der Waals surface area contributed by atoms with Crippen molar-refractivity contribution in [3.63, 3.8) is 0 Å². The minimum absolute atomic E-state index is 0.186. The molecule has 1 fully saturated rings. The molecule has 0 spiro atoms. The van der Waals surface area contributed by atoms with Crippen LogP contribution in [0.5, 0.6) is 0 Å². The molecule has 0 aromatic heterocycles. The molecule has 130 valence electrons. The third kappa shape index (κ3) is 2.75. The van der Waals surface area contributed by atoms with Crippen LogP contribution in [0.4, 0.5) is 4.39 Å². The highest BCUT2D eigenvalue weighted by atomic mass is 19.1. The SMILES string of the molecule is CC1(C(=O)Cc2ccc(F)c([C@@]3(C)N=C(N)COC3(C)C)c2)CC1. The van der Waals surface area contributed by atoms with E-state index in [1.165, 1.54) is 6.07 Å². The largest absolute Gasteiger partial charge is 0.386 e. The lowest BCUT2D eigenvalue weighted by atomic mass is 9.76. The van der Waals surface area contributed by atoms with Gasteiger partial charge in [-0.2, -0.15) is 0 Å². The molecule has 2 N–H and O–H groups in total. The van der Waals surface area contributed by atoms with Crippen LogP contribution < -0.4 is 5.73 Å².